The molecular weight excluding hydrogens is 456 g/mol. The van der Waals surface area contributed by atoms with Gasteiger partial charge < -0.3 is 29.7 Å². The summed E-state index contributed by atoms with van der Waals surface area (Å²) in [5, 5.41) is 5.17. The molecule has 0 saturated carbocycles. The van der Waals surface area contributed by atoms with Crippen molar-refractivity contribution in [3.05, 3.63) is 59.9 Å². The van der Waals surface area contributed by atoms with Crippen LogP contribution in [-0.2, 0) is 11.2 Å². The maximum Gasteiger partial charge on any atom is 0.270 e. The molecular formula is C28H32N4O4. The van der Waals surface area contributed by atoms with Gasteiger partial charge in [0.15, 0.2) is 0 Å². The predicted molar refractivity (Wildman–Crippen MR) is 140 cm³/mol. The van der Waals surface area contributed by atoms with Crippen LogP contribution in [0.25, 0.3) is 21.8 Å². The lowest BCUT2D eigenvalue weighted by atomic mass is 9.93. The topological polar surface area (TPSA) is 99.5 Å². The summed E-state index contributed by atoms with van der Waals surface area (Å²) in [5.74, 6) is 1.94. The maximum absolute atomic E-state index is 13.0. The molecule has 5 rings (SSSR count). The van der Waals surface area contributed by atoms with E-state index in [1.165, 1.54) is 0 Å². The predicted octanol–water partition coefficient (Wildman–Crippen LogP) is 4.27. The molecule has 0 unspecified atom stereocenters. The lowest BCUT2D eigenvalue weighted by Crippen LogP contribution is -2.40. The van der Waals surface area contributed by atoms with Crippen LogP contribution in [0.5, 0.6) is 11.5 Å². The number of likely N-dealkylation sites (tertiary alicyclic amines) is 1. The van der Waals surface area contributed by atoms with Crippen molar-refractivity contribution >= 4 is 33.6 Å². The minimum absolute atomic E-state index is 0.00317. The summed E-state index contributed by atoms with van der Waals surface area (Å²) < 4.78 is 10.6. The number of methoxy groups -OCH3 is 2. The summed E-state index contributed by atoms with van der Waals surface area (Å²) >= 11 is 0. The van der Waals surface area contributed by atoms with Crippen molar-refractivity contribution in [2.75, 3.05) is 33.9 Å². The molecule has 0 aliphatic carbocycles. The van der Waals surface area contributed by atoms with E-state index in [4.69, 9.17) is 9.47 Å². The number of piperidine rings is 1. The van der Waals surface area contributed by atoms with Crippen LogP contribution in [0, 0.1) is 5.92 Å². The minimum atomic E-state index is 0.00317. The highest BCUT2D eigenvalue weighted by Gasteiger charge is 2.26. The summed E-state index contributed by atoms with van der Waals surface area (Å²) in [5.41, 5.74) is 3.69. The van der Waals surface area contributed by atoms with E-state index in [0.717, 1.165) is 58.1 Å². The highest BCUT2D eigenvalue weighted by atomic mass is 16.5. The molecule has 0 spiro atoms. The smallest absolute Gasteiger partial charge is 0.270 e. The Balaban J connectivity index is 1.08. The largest absolute Gasteiger partial charge is 0.497 e. The molecule has 8 heteroatoms. The van der Waals surface area contributed by atoms with E-state index in [-0.39, 0.29) is 11.8 Å². The summed E-state index contributed by atoms with van der Waals surface area (Å²) in [6, 6.07) is 13.6. The number of amides is 2. The zero-order chi connectivity index (χ0) is 25.1. The van der Waals surface area contributed by atoms with Crippen LogP contribution in [0.4, 0.5) is 0 Å². The third-order valence-corrected chi connectivity index (χ3v) is 7.13. The van der Waals surface area contributed by atoms with Crippen LogP contribution >= 0.6 is 0 Å². The molecule has 1 fully saturated rings. The second kappa shape index (κ2) is 10.4. The monoisotopic (exact) mass is 488 g/mol. The van der Waals surface area contributed by atoms with Gasteiger partial charge in [-0.25, -0.2) is 0 Å². The number of fused-ring (bicyclic) bond motifs is 2. The summed E-state index contributed by atoms with van der Waals surface area (Å²) in [4.78, 5) is 33.9. The number of carbonyl (C=O) groups is 2. The van der Waals surface area contributed by atoms with Crippen molar-refractivity contribution in [3.63, 3.8) is 0 Å². The molecule has 0 atom stereocenters. The van der Waals surface area contributed by atoms with Crippen molar-refractivity contribution in [2.24, 2.45) is 5.92 Å². The summed E-state index contributed by atoms with van der Waals surface area (Å²) in [6.07, 6.45) is 4.90. The molecule has 36 heavy (non-hydrogen) atoms. The standard InChI is InChI=1S/C28H32N4O4/c1-35-21-5-6-24-23(15-21)20(17-30-24)7-10-29-27(33)13-18-8-11-32(12-9-18)28(34)26-14-19-3-4-22(36-2)16-25(19)31-26/h3-6,14-18,30-31H,7-13H2,1-2H3,(H,29,33). The number of hydrogen-bond acceptors (Lipinski definition) is 4. The number of ether oxygens (including phenoxy) is 2. The van der Waals surface area contributed by atoms with Crippen LogP contribution in [0.3, 0.4) is 0 Å². The highest BCUT2D eigenvalue weighted by Crippen LogP contribution is 2.26. The Kier molecular flexibility index (Phi) is 6.84. The molecule has 1 aliphatic heterocycles. The SMILES string of the molecule is COc1ccc2cc(C(=O)N3CCC(CC(=O)NCCc4c[nH]c5ccc(OC)cc45)CC3)[nH]c2c1. The number of H-pyrrole nitrogens is 2. The molecule has 2 aromatic heterocycles. The molecule has 188 valence electrons. The van der Waals surface area contributed by atoms with Crippen molar-refractivity contribution in [1.82, 2.24) is 20.2 Å². The summed E-state index contributed by atoms with van der Waals surface area (Å²) in [6.45, 7) is 1.91. The van der Waals surface area contributed by atoms with E-state index in [9.17, 15) is 9.59 Å². The molecule has 0 bridgehead atoms. The number of nitrogens with one attached hydrogen (secondary N) is 3. The average Bonchev–Trinajstić information content (AvgIpc) is 3.52. The van der Waals surface area contributed by atoms with E-state index in [1.807, 2.05) is 53.6 Å². The third kappa shape index (κ3) is 5.03. The lowest BCUT2D eigenvalue weighted by Gasteiger charge is -2.31. The number of benzene rings is 2. The van der Waals surface area contributed by atoms with Gasteiger partial charge in [0.25, 0.3) is 5.91 Å². The second-order valence-electron chi connectivity index (χ2n) is 9.40. The first-order valence-corrected chi connectivity index (χ1v) is 12.4. The first-order valence-electron chi connectivity index (χ1n) is 12.4. The highest BCUT2D eigenvalue weighted by molar-refractivity contribution is 5.98. The third-order valence-electron chi connectivity index (χ3n) is 7.13. The number of aromatic amines is 2. The van der Waals surface area contributed by atoms with Gasteiger partial charge in [0.2, 0.25) is 5.91 Å². The van der Waals surface area contributed by atoms with Crippen molar-refractivity contribution in [3.8, 4) is 11.5 Å². The van der Waals surface area contributed by atoms with Gasteiger partial charge in [-0.15, -0.1) is 0 Å². The number of nitrogens with zero attached hydrogens (tertiary/aromatic N) is 1. The van der Waals surface area contributed by atoms with Crippen LogP contribution in [0.15, 0.2) is 48.7 Å². The fraction of sp³-hybridized carbons (Fsp3) is 0.357. The molecule has 1 saturated heterocycles. The van der Waals surface area contributed by atoms with Crippen molar-refractivity contribution < 1.29 is 19.1 Å². The van der Waals surface area contributed by atoms with E-state index in [0.29, 0.717) is 37.7 Å². The average molecular weight is 489 g/mol. The normalized spacial score (nSPS) is 14.3. The number of rotatable bonds is 8. The molecule has 3 N–H and O–H groups in total. The molecule has 2 amide bonds. The molecule has 2 aromatic carbocycles. The zero-order valence-corrected chi connectivity index (χ0v) is 20.7. The van der Waals surface area contributed by atoms with E-state index in [2.05, 4.69) is 15.3 Å². The Labute approximate surface area is 210 Å². The first-order chi connectivity index (χ1) is 17.5. The van der Waals surface area contributed by atoms with Gasteiger partial charge in [-0.2, -0.15) is 0 Å². The van der Waals surface area contributed by atoms with Gasteiger partial charge in [-0.1, -0.05) is 0 Å². The number of hydrogen-bond donors (Lipinski definition) is 3. The number of carbonyl (C=O) groups excluding carboxylic acids is 2. The van der Waals surface area contributed by atoms with Gasteiger partial charge in [0.1, 0.15) is 17.2 Å². The maximum atomic E-state index is 13.0. The van der Waals surface area contributed by atoms with Crippen LogP contribution in [0.2, 0.25) is 0 Å². The zero-order valence-electron chi connectivity index (χ0n) is 20.7. The summed E-state index contributed by atoms with van der Waals surface area (Å²) in [7, 11) is 3.29. The Morgan fingerprint density at radius 3 is 2.53 bits per heavy atom. The van der Waals surface area contributed by atoms with Gasteiger partial charge in [-0.05, 0) is 67.1 Å². The minimum Gasteiger partial charge on any atom is -0.497 e. The van der Waals surface area contributed by atoms with Crippen LogP contribution in [-0.4, -0.2) is 60.5 Å². The molecule has 1 aliphatic rings. The Bertz CT molecular complexity index is 1380. The fourth-order valence-corrected chi connectivity index (χ4v) is 5.02. The van der Waals surface area contributed by atoms with Gasteiger partial charge in [-0.3, -0.25) is 9.59 Å². The van der Waals surface area contributed by atoms with Crippen LogP contribution < -0.4 is 14.8 Å². The Morgan fingerprint density at radius 2 is 1.75 bits per heavy atom. The fourth-order valence-electron chi connectivity index (χ4n) is 5.02. The Morgan fingerprint density at radius 1 is 1.00 bits per heavy atom. The second-order valence-corrected chi connectivity index (χ2v) is 9.40. The van der Waals surface area contributed by atoms with Crippen LogP contribution in [0.1, 0.15) is 35.3 Å². The van der Waals surface area contributed by atoms with Gasteiger partial charge >= 0.3 is 0 Å². The van der Waals surface area contributed by atoms with Crippen molar-refractivity contribution in [1.29, 1.82) is 0 Å². The molecule has 4 aromatic rings. The van der Waals surface area contributed by atoms with E-state index in [1.54, 1.807) is 14.2 Å². The Hall–Kier alpha value is -3.94. The van der Waals surface area contributed by atoms with Gasteiger partial charge in [0, 0.05) is 60.1 Å². The van der Waals surface area contributed by atoms with Gasteiger partial charge in [0.05, 0.1) is 14.2 Å². The van der Waals surface area contributed by atoms with E-state index >= 15 is 0 Å². The molecule has 0 radical (unpaired) electrons. The molecule has 3 heterocycles. The van der Waals surface area contributed by atoms with E-state index < -0.39 is 0 Å². The molecule has 8 nitrogen and oxygen atoms in total. The lowest BCUT2D eigenvalue weighted by molar-refractivity contribution is -0.122. The van der Waals surface area contributed by atoms with Crippen molar-refractivity contribution in [2.45, 2.75) is 25.7 Å². The first kappa shape index (κ1) is 23.8. The number of aromatic nitrogens is 2. The quantitative estimate of drug-likeness (QED) is 0.345.